The number of imidazole rings is 1. The third-order valence-corrected chi connectivity index (χ3v) is 4.36. The van der Waals surface area contributed by atoms with E-state index < -0.39 is 0 Å². The lowest BCUT2D eigenvalue weighted by Gasteiger charge is -2.12. The van der Waals surface area contributed by atoms with Gasteiger partial charge in [-0.15, -0.1) is 0 Å². The molecule has 0 atom stereocenters. The van der Waals surface area contributed by atoms with Crippen molar-refractivity contribution in [1.29, 1.82) is 0 Å². The van der Waals surface area contributed by atoms with E-state index in [1.807, 2.05) is 23.9 Å². The highest BCUT2D eigenvalue weighted by Gasteiger charge is 2.26. The van der Waals surface area contributed by atoms with Crippen LogP contribution in [-0.4, -0.2) is 14.5 Å². The zero-order valence-electron chi connectivity index (χ0n) is 12.6. The smallest absolute Gasteiger partial charge is 0.140 e. The summed E-state index contributed by atoms with van der Waals surface area (Å²) in [4.78, 5) is 8.77. The number of benzene rings is 1. The lowest BCUT2D eigenvalue weighted by atomic mass is 9.98. The number of rotatable bonds is 3. The third kappa shape index (κ3) is 2.75. The van der Waals surface area contributed by atoms with Gasteiger partial charge in [-0.05, 0) is 48.2 Å². The van der Waals surface area contributed by atoms with Crippen molar-refractivity contribution in [1.82, 2.24) is 14.5 Å². The first-order valence-electron chi connectivity index (χ1n) is 7.57. The van der Waals surface area contributed by atoms with Gasteiger partial charge in [-0.2, -0.15) is 0 Å². The Kier molecular flexibility index (Phi) is 3.42. The van der Waals surface area contributed by atoms with Crippen molar-refractivity contribution in [3.63, 3.8) is 0 Å². The SMILES string of the molecule is Cn1ccnc1-c1cc(F)ccc1-c1cc(Cl)nc(C2CC2)c1. The van der Waals surface area contributed by atoms with Crippen molar-refractivity contribution in [2.45, 2.75) is 18.8 Å². The zero-order chi connectivity index (χ0) is 16.0. The van der Waals surface area contributed by atoms with Gasteiger partial charge in [-0.25, -0.2) is 14.4 Å². The van der Waals surface area contributed by atoms with E-state index in [2.05, 4.69) is 16.0 Å². The molecule has 0 aliphatic heterocycles. The van der Waals surface area contributed by atoms with E-state index in [0.29, 0.717) is 11.1 Å². The van der Waals surface area contributed by atoms with Crippen molar-refractivity contribution in [2.24, 2.45) is 7.05 Å². The molecule has 2 heterocycles. The summed E-state index contributed by atoms with van der Waals surface area (Å²) in [6, 6.07) is 8.65. The van der Waals surface area contributed by atoms with Crippen LogP contribution in [0, 0.1) is 5.82 Å². The summed E-state index contributed by atoms with van der Waals surface area (Å²) in [6.45, 7) is 0. The fraction of sp³-hybridized carbons (Fsp3) is 0.222. The van der Waals surface area contributed by atoms with Crippen LogP contribution in [0.1, 0.15) is 24.5 Å². The Morgan fingerprint density at radius 1 is 1.17 bits per heavy atom. The molecule has 3 aromatic rings. The summed E-state index contributed by atoms with van der Waals surface area (Å²) in [5.74, 6) is 0.944. The summed E-state index contributed by atoms with van der Waals surface area (Å²) in [5, 5.41) is 0.472. The van der Waals surface area contributed by atoms with Gasteiger partial charge in [0.15, 0.2) is 0 Å². The maximum Gasteiger partial charge on any atom is 0.140 e. The second-order valence-electron chi connectivity index (χ2n) is 5.93. The average molecular weight is 328 g/mol. The maximum atomic E-state index is 13.8. The molecule has 23 heavy (non-hydrogen) atoms. The summed E-state index contributed by atoms with van der Waals surface area (Å²) >= 11 is 6.21. The lowest BCUT2D eigenvalue weighted by Crippen LogP contribution is -1.96. The number of nitrogens with zero attached hydrogens (tertiary/aromatic N) is 3. The van der Waals surface area contributed by atoms with E-state index in [1.54, 1.807) is 12.3 Å². The second kappa shape index (κ2) is 5.46. The Bertz CT molecular complexity index is 884. The van der Waals surface area contributed by atoms with E-state index in [9.17, 15) is 4.39 Å². The predicted molar refractivity (Wildman–Crippen MR) is 88.8 cm³/mol. The Hall–Kier alpha value is -2.20. The fourth-order valence-corrected chi connectivity index (χ4v) is 3.05. The highest BCUT2D eigenvalue weighted by atomic mass is 35.5. The largest absolute Gasteiger partial charge is 0.334 e. The minimum absolute atomic E-state index is 0.283. The van der Waals surface area contributed by atoms with Gasteiger partial charge in [0.1, 0.15) is 16.8 Å². The number of hydrogen-bond donors (Lipinski definition) is 0. The summed E-state index contributed by atoms with van der Waals surface area (Å²) in [7, 11) is 1.90. The Balaban J connectivity index is 1.91. The van der Waals surface area contributed by atoms with Crippen molar-refractivity contribution in [2.75, 3.05) is 0 Å². The zero-order valence-corrected chi connectivity index (χ0v) is 13.4. The minimum atomic E-state index is -0.283. The summed E-state index contributed by atoms with van der Waals surface area (Å²) in [5.41, 5.74) is 3.63. The molecule has 116 valence electrons. The summed E-state index contributed by atoms with van der Waals surface area (Å²) in [6.07, 6.45) is 5.86. The maximum absolute atomic E-state index is 13.8. The topological polar surface area (TPSA) is 30.7 Å². The fourth-order valence-electron chi connectivity index (χ4n) is 2.84. The Morgan fingerprint density at radius 2 is 2.00 bits per heavy atom. The molecule has 1 aliphatic carbocycles. The number of pyridine rings is 1. The Labute approximate surface area is 138 Å². The number of aryl methyl sites for hydroxylation is 1. The van der Waals surface area contributed by atoms with E-state index >= 15 is 0 Å². The first-order valence-corrected chi connectivity index (χ1v) is 7.95. The Morgan fingerprint density at radius 3 is 2.70 bits per heavy atom. The molecule has 1 fully saturated rings. The molecule has 0 radical (unpaired) electrons. The standard InChI is InChI=1S/C18H15ClFN3/c1-23-7-6-21-18(23)15-10-13(20)4-5-14(15)12-8-16(11-2-3-11)22-17(19)9-12/h4-11H,2-3H2,1H3. The molecule has 2 aromatic heterocycles. The van der Waals surface area contributed by atoms with Crippen LogP contribution in [0.4, 0.5) is 4.39 Å². The molecule has 4 rings (SSSR count). The second-order valence-corrected chi connectivity index (χ2v) is 6.32. The molecule has 0 saturated heterocycles. The first kappa shape index (κ1) is 14.4. The van der Waals surface area contributed by atoms with Crippen molar-refractivity contribution in [3.8, 4) is 22.5 Å². The molecule has 0 spiro atoms. The predicted octanol–water partition coefficient (Wildman–Crippen LogP) is 4.82. The highest BCUT2D eigenvalue weighted by Crippen LogP contribution is 2.41. The average Bonchev–Trinajstić information content (AvgIpc) is 3.28. The van der Waals surface area contributed by atoms with Gasteiger partial charge in [-0.1, -0.05) is 17.7 Å². The van der Waals surface area contributed by atoms with E-state index in [-0.39, 0.29) is 5.82 Å². The third-order valence-electron chi connectivity index (χ3n) is 4.16. The van der Waals surface area contributed by atoms with Crippen molar-refractivity contribution >= 4 is 11.6 Å². The molecular weight excluding hydrogens is 313 g/mol. The quantitative estimate of drug-likeness (QED) is 0.646. The molecule has 3 nitrogen and oxygen atoms in total. The summed E-state index contributed by atoms with van der Waals surface area (Å²) < 4.78 is 15.7. The van der Waals surface area contributed by atoms with Gasteiger partial charge in [0.2, 0.25) is 0 Å². The molecule has 0 N–H and O–H groups in total. The van der Waals surface area contributed by atoms with Gasteiger partial charge in [-0.3, -0.25) is 0 Å². The van der Waals surface area contributed by atoms with Crippen molar-refractivity contribution in [3.05, 3.63) is 59.4 Å². The van der Waals surface area contributed by atoms with Gasteiger partial charge in [0.05, 0.1) is 0 Å². The number of hydrogen-bond acceptors (Lipinski definition) is 2. The monoisotopic (exact) mass is 327 g/mol. The molecule has 0 amide bonds. The molecule has 1 aromatic carbocycles. The van der Waals surface area contributed by atoms with Crippen LogP contribution in [-0.2, 0) is 7.05 Å². The molecule has 1 aliphatic rings. The van der Waals surface area contributed by atoms with Crippen LogP contribution >= 0.6 is 11.6 Å². The normalized spacial score (nSPS) is 14.2. The van der Waals surface area contributed by atoms with Crippen LogP contribution < -0.4 is 0 Å². The number of aromatic nitrogens is 3. The van der Waals surface area contributed by atoms with Gasteiger partial charge in [0.25, 0.3) is 0 Å². The molecule has 5 heteroatoms. The first-order chi connectivity index (χ1) is 11.1. The van der Waals surface area contributed by atoms with Crippen LogP contribution in [0.5, 0.6) is 0 Å². The van der Waals surface area contributed by atoms with Gasteiger partial charge in [0, 0.05) is 36.6 Å². The molecule has 0 unspecified atom stereocenters. The van der Waals surface area contributed by atoms with E-state index in [1.165, 1.54) is 12.1 Å². The van der Waals surface area contributed by atoms with Crippen molar-refractivity contribution < 1.29 is 4.39 Å². The van der Waals surface area contributed by atoms with Crippen LogP contribution in [0.25, 0.3) is 22.5 Å². The van der Waals surface area contributed by atoms with Crippen LogP contribution in [0.15, 0.2) is 42.7 Å². The molecular formula is C18H15ClFN3. The minimum Gasteiger partial charge on any atom is -0.334 e. The highest BCUT2D eigenvalue weighted by molar-refractivity contribution is 6.29. The van der Waals surface area contributed by atoms with Crippen LogP contribution in [0.3, 0.4) is 0 Å². The van der Waals surface area contributed by atoms with E-state index in [4.69, 9.17) is 11.6 Å². The molecule has 1 saturated carbocycles. The van der Waals surface area contributed by atoms with Gasteiger partial charge < -0.3 is 4.57 Å². The van der Waals surface area contributed by atoms with Crippen LogP contribution in [0.2, 0.25) is 5.15 Å². The molecule has 0 bridgehead atoms. The van der Waals surface area contributed by atoms with E-state index in [0.717, 1.165) is 41.1 Å². The van der Waals surface area contributed by atoms with Gasteiger partial charge >= 0.3 is 0 Å². The lowest BCUT2D eigenvalue weighted by molar-refractivity contribution is 0.628. The number of halogens is 2.